The van der Waals surface area contributed by atoms with Gasteiger partial charge in [-0.25, -0.2) is 0 Å². The van der Waals surface area contributed by atoms with Gasteiger partial charge in [-0.3, -0.25) is 4.79 Å². The molecule has 5 nitrogen and oxygen atoms in total. The van der Waals surface area contributed by atoms with Crippen molar-refractivity contribution in [3.05, 3.63) is 36.0 Å². The Hall–Kier alpha value is -1.85. The van der Waals surface area contributed by atoms with Crippen molar-refractivity contribution < 1.29 is 14.3 Å². The molecule has 1 atom stereocenters. The van der Waals surface area contributed by atoms with E-state index in [0.717, 1.165) is 10.9 Å². The number of aromatic amines is 1. The number of carbonyl (C=O) groups excluding carboxylic acids is 1. The quantitative estimate of drug-likeness (QED) is 0.947. The van der Waals surface area contributed by atoms with Gasteiger partial charge in [0, 0.05) is 42.9 Å². The summed E-state index contributed by atoms with van der Waals surface area (Å²) in [5.74, 6) is 0.0422. The Labute approximate surface area is 130 Å². The van der Waals surface area contributed by atoms with Crippen LogP contribution in [0.3, 0.4) is 0 Å². The van der Waals surface area contributed by atoms with E-state index in [1.807, 2.05) is 49.2 Å². The summed E-state index contributed by atoms with van der Waals surface area (Å²) in [5.41, 5.74) is 1.38. The van der Waals surface area contributed by atoms with E-state index in [1.54, 1.807) is 7.11 Å². The van der Waals surface area contributed by atoms with Gasteiger partial charge in [-0.15, -0.1) is 0 Å². The monoisotopic (exact) mass is 302 g/mol. The van der Waals surface area contributed by atoms with Crippen LogP contribution in [0.1, 0.15) is 24.2 Å². The second-order valence-electron chi connectivity index (χ2n) is 6.42. The fraction of sp³-hybridized carbons (Fsp3) is 0.471. The van der Waals surface area contributed by atoms with E-state index in [0.29, 0.717) is 25.3 Å². The first kappa shape index (κ1) is 15.1. The number of aromatic nitrogens is 1. The Balaban J connectivity index is 1.83. The maximum Gasteiger partial charge on any atom is 0.254 e. The van der Waals surface area contributed by atoms with Gasteiger partial charge >= 0.3 is 0 Å². The summed E-state index contributed by atoms with van der Waals surface area (Å²) in [4.78, 5) is 17.8. The van der Waals surface area contributed by atoms with E-state index in [1.165, 1.54) is 0 Å². The molecule has 1 aromatic heterocycles. The zero-order valence-corrected chi connectivity index (χ0v) is 13.3. The lowest BCUT2D eigenvalue weighted by Crippen LogP contribution is -2.55. The highest BCUT2D eigenvalue weighted by Crippen LogP contribution is 2.24. The summed E-state index contributed by atoms with van der Waals surface area (Å²) in [7, 11) is 1.65. The van der Waals surface area contributed by atoms with Gasteiger partial charge in [0.25, 0.3) is 5.91 Å². The Morgan fingerprint density at radius 2 is 2.27 bits per heavy atom. The molecular formula is C17H22N2O3. The first-order valence-electron chi connectivity index (χ1n) is 7.52. The molecule has 1 N–H and O–H groups in total. The van der Waals surface area contributed by atoms with Crippen LogP contribution in [0, 0.1) is 0 Å². The highest BCUT2D eigenvalue weighted by atomic mass is 16.5. The highest BCUT2D eigenvalue weighted by Gasteiger charge is 2.35. The summed E-state index contributed by atoms with van der Waals surface area (Å²) in [6.07, 6.45) is 1.79. The van der Waals surface area contributed by atoms with E-state index in [-0.39, 0.29) is 17.6 Å². The second-order valence-corrected chi connectivity index (χ2v) is 6.42. The summed E-state index contributed by atoms with van der Waals surface area (Å²) in [5, 5.41) is 1.05. The van der Waals surface area contributed by atoms with Crippen molar-refractivity contribution in [2.75, 3.05) is 26.8 Å². The van der Waals surface area contributed by atoms with Crippen LogP contribution in [-0.4, -0.2) is 54.3 Å². The Kier molecular flexibility index (Phi) is 3.93. The molecule has 2 heterocycles. The van der Waals surface area contributed by atoms with Crippen LogP contribution in [0.5, 0.6) is 0 Å². The van der Waals surface area contributed by atoms with Crippen molar-refractivity contribution in [2.24, 2.45) is 0 Å². The van der Waals surface area contributed by atoms with Gasteiger partial charge in [0.2, 0.25) is 0 Å². The smallest absolute Gasteiger partial charge is 0.254 e. The molecule has 0 unspecified atom stereocenters. The number of carbonyl (C=O) groups is 1. The molecule has 0 radical (unpaired) electrons. The van der Waals surface area contributed by atoms with Crippen molar-refractivity contribution in [3.63, 3.8) is 0 Å². The molecule has 2 aromatic rings. The van der Waals surface area contributed by atoms with E-state index in [4.69, 9.17) is 9.47 Å². The van der Waals surface area contributed by atoms with Crippen LogP contribution in [0.25, 0.3) is 10.9 Å². The summed E-state index contributed by atoms with van der Waals surface area (Å²) < 4.78 is 11.2. The fourth-order valence-electron chi connectivity index (χ4n) is 3.09. The molecule has 5 heteroatoms. The number of H-pyrrole nitrogens is 1. The Morgan fingerprint density at radius 3 is 3.05 bits per heavy atom. The molecule has 22 heavy (non-hydrogen) atoms. The average Bonchev–Trinajstić information content (AvgIpc) is 2.92. The second kappa shape index (κ2) is 5.74. The van der Waals surface area contributed by atoms with Crippen LogP contribution in [0.2, 0.25) is 0 Å². The van der Waals surface area contributed by atoms with Gasteiger partial charge in [-0.1, -0.05) is 0 Å². The molecule has 1 fully saturated rings. The Morgan fingerprint density at radius 1 is 1.45 bits per heavy atom. The molecule has 0 aliphatic carbocycles. The number of rotatable bonds is 3. The van der Waals surface area contributed by atoms with Gasteiger partial charge in [0.1, 0.15) is 0 Å². The maximum absolute atomic E-state index is 12.8. The molecule has 1 aliphatic rings. The number of hydrogen-bond acceptors (Lipinski definition) is 3. The van der Waals surface area contributed by atoms with Crippen LogP contribution >= 0.6 is 0 Å². The standard InChI is InChI=1S/C17H22N2O3/c1-17(2)11-19(9-14(22-17)10-21-3)16(20)13-4-5-15-12(8-13)6-7-18-15/h4-8,14,18H,9-11H2,1-3H3/t14-/m0/s1. The van der Waals surface area contributed by atoms with Crippen molar-refractivity contribution in [1.29, 1.82) is 0 Å². The highest BCUT2D eigenvalue weighted by molar-refractivity contribution is 5.98. The lowest BCUT2D eigenvalue weighted by molar-refractivity contribution is -0.143. The molecule has 0 bridgehead atoms. The normalized spacial score (nSPS) is 21.2. The summed E-state index contributed by atoms with van der Waals surface area (Å²) in [6, 6.07) is 7.72. The summed E-state index contributed by atoms with van der Waals surface area (Å²) >= 11 is 0. The molecule has 1 aliphatic heterocycles. The molecule has 0 saturated carbocycles. The third-order valence-corrected chi connectivity index (χ3v) is 3.92. The Bertz CT molecular complexity index is 677. The van der Waals surface area contributed by atoms with Crippen molar-refractivity contribution in [2.45, 2.75) is 25.6 Å². The molecule has 0 spiro atoms. The number of morpholine rings is 1. The van der Waals surface area contributed by atoms with Gasteiger partial charge in [-0.05, 0) is 38.1 Å². The van der Waals surface area contributed by atoms with Gasteiger partial charge < -0.3 is 19.4 Å². The topological polar surface area (TPSA) is 54.6 Å². The minimum Gasteiger partial charge on any atom is -0.382 e. The van der Waals surface area contributed by atoms with Crippen molar-refractivity contribution in [1.82, 2.24) is 9.88 Å². The predicted molar refractivity (Wildman–Crippen MR) is 85.0 cm³/mol. The first-order valence-corrected chi connectivity index (χ1v) is 7.52. The molecule has 1 amide bonds. The molecule has 118 valence electrons. The number of methoxy groups -OCH3 is 1. The third kappa shape index (κ3) is 3.00. The third-order valence-electron chi connectivity index (χ3n) is 3.92. The van der Waals surface area contributed by atoms with Crippen molar-refractivity contribution >= 4 is 16.8 Å². The number of benzene rings is 1. The average molecular weight is 302 g/mol. The number of amides is 1. The van der Waals surface area contributed by atoms with Crippen molar-refractivity contribution in [3.8, 4) is 0 Å². The summed E-state index contributed by atoms with van der Waals surface area (Å²) in [6.45, 7) is 5.64. The van der Waals surface area contributed by atoms with Crippen LogP contribution in [-0.2, 0) is 9.47 Å². The number of nitrogens with zero attached hydrogens (tertiary/aromatic N) is 1. The fourth-order valence-corrected chi connectivity index (χ4v) is 3.09. The lowest BCUT2D eigenvalue weighted by Gasteiger charge is -2.42. The minimum atomic E-state index is -0.366. The van der Waals surface area contributed by atoms with E-state index in [9.17, 15) is 4.79 Å². The van der Waals surface area contributed by atoms with Gasteiger partial charge in [-0.2, -0.15) is 0 Å². The van der Waals surface area contributed by atoms with Crippen LogP contribution in [0.4, 0.5) is 0 Å². The van der Waals surface area contributed by atoms with Gasteiger partial charge in [0.05, 0.1) is 18.3 Å². The van der Waals surface area contributed by atoms with E-state index >= 15 is 0 Å². The molecule has 1 aromatic carbocycles. The zero-order valence-electron chi connectivity index (χ0n) is 13.3. The number of hydrogen-bond donors (Lipinski definition) is 1. The maximum atomic E-state index is 12.8. The molecular weight excluding hydrogens is 280 g/mol. The minimum absolute atomic E-state index is 0.0422. The zero-order chi connectivity index (χ0) is 15.7. The lowest BCUT2D eigenvalue weighted by atomic mass is 10.0. The van der Waals surface area contributed by atoms with Crippen LogP contribution < -0.4 is 0 Å². The number of fused-ring (bicyclic) bond motifs is 1. The predicted octanol–water partition coefficient (Wildman–Crippen LogP) is 2.43. The van der Waals surface area contributed by atoms with Crippen LogP contribution in [0.15, 0.2) is 30.5 Å². The number of ether oxygens (including phenoxy) is 2. The van der Waals surface area contributed by atoms with Gasteiger partial charge in [0.15, 0.2) is 0 Å². The SMILES string of the molecule is COC[C@@H]1CN(C(=O)c2ccc3[nH]ccc3c2)CC(C)(C)O1. The number of nitrogens with one attached hydrogen (secondary N) is 1. The van der Waals surface area contributed by atoms with E-state index in [2.05, 4.69) is 4.98 Å². The molecule has 3 rings (SSSR count). The molecule has 1 saturated heterocycles. The van der Waals surface area contributed by atoms with E-state index < -0.39 is 0 Å². The largest absolute Gasteiger partial charge is 0.382 e. The first-order chi connectivity index (χ1) is 10.5.